The van der Waals surface area contributed by atoms with Crippen molar-refractivity contribution < 1.29 is 14.3 Å². The van der Waals surface area contributed by atoms with Crippen LogP contribution in [0.15, 0.2) is 48.8 Å². The van der Waals surface area contributed by atoms with Gasteiger partial charge in [0, 0.05) is 37.0 Å². The minimum atomic E-state index is -0.0102. The standard InChI is InChI=1S/C20H22N2O3/c1-25-18-6-4-16(5-7-18)19(23)14-17-3-2-12-22(17)20(24)13-15-8-10-21-11-9-15/h4-11,17H,2-3,12-14H2,1H3/t17-/m0/s1. The number of hydrogen-bond donors (Lipinski definition) is 0. The van der Waals surface area contributed by atoms with Gasteiger partial charge in [0.25, 0.3) is 0 Å². The monoisotopic (exact) mass is 338 g/mol. The van der Waals surface area contributed by atoms with Gasteiger partial charge >= 0.3 is 0 Å². The molecule has 1 atom stereocenters. The summed E-state index contributed by atoms with van der Waals surface area (Å²) in [6.07, 6.45) is 5.94. The Labute approximate surface area is 147 Å². The molecule has 1 fully saturated rings. The van der Waals surface area contributed by atoms with Crippen LogP contribution in [0.3, 0.4) is 0 Å². The third-order valence-corrected chi connectivity index (χ3v) is 4.64. The minimum Gasteiger partial charge on any atom is -0.497 e. The number of pyridine rings is 1. The summed E-state index contributed by atoms with van der Waals surface area (Å²) < 4.78 is 5.12. The highest BCUT2D eigenvalue weighted by molar-refractivity contribution is 5.97. The van der Waals surface area contributed by atoms with E-state index >= 15 is 0 Å². The van der Waals surface area contributed by atoms with Gasteiger partial charge in [-0.15, -0.1) is 0 Å². The van der Waals surface area contributed by atoms with Crippen molar-refractivity contribution in [1.82, 2.24) is 9.88 Å². The zero-order valence-corrected chi connectivity index (χ0v) is 14.4. The Morgan fingerprint density at radius 1 is 1.16 bits per heavy atom. The number of benzene rings is 1. The second-order valence-electron chi connectivity index (χ2n) is 6.27. The van der Waals surface area contributed by atoms with Gasteiger partial charge in [-0.2, -0.15) is 0 Å². The van der Waals surface area contributed by atoms with E-state index in [4.69, 9.17) is 4.74 Å². The fourth-order valence-corrected chi connectivity index (χ4v) is 3.26. The molecule has 0 unspecified atom stereocenters. The van der Waals surface area contributed by atoms with Crippen molar-refractivity contribution in [3.8, 4) is 5.75 Å². The van der Waals surface area contributed by atoms with Crippen molar-refractivity contribution in [2.75, 3.05) is 13.7 Å². The number of nitrogens with zero attached hydrogens (tertiary/aromatic N) is 2. The molecule has 2 aromatic rings. The van der Waals surface area contributed by atoms with E-state index in [-0.39, 0.29) is 17.7 Å². The lowest BCUT2D eigenvalue weighted by Crippen LogP contribution is -2.37. The van der Waals surface area contributed by atoms with Crippen molar-refractivity contribution in [3.63, 3.8) is 0 Å². The number of amides is 1. The number of hydrogen-bond acceptors (Lipinski definition) is 4. The highest BCUT2D eigenvalue weighted by Crippen LogP contribution is 2.23. The molecular formula is C20H22N2O3. The summed E-state index contributed by atoms with van der Waals surface area (Å²) in [5, 5.41) is 0. The van der Waals surface area contributed by atoms with E-state index in [1.807, 2.05) is 17.0 Å². The van der Waals surface area contributed by atoms with Gasteiger partial charge in [-0.3, -0.25) is 14.6 Å². The quantitative estimate of drug-likeness (QED) is 0.760. The molecule has 25 heavy (non-hydrogen) atoms. The largest absolute Gasteiger partial charge is 0.497 e. The normalized spacial score (nSPS) is 16.7. The Balaban J connectivity index is 1.62. The van der Waals surface area contributed by atoms with E-state index in [9.17, 15) is 9.59 Å². The van der Waals surface area contributed by atoms with Crippen LogP contribution in [0.2, 0.25) is 0 Å². The summed E-state index contributed by atoms with van der Waals surface area (Å²) in [5.74, 6) is 0.874. The van der Waals surface area contributed by atoms with E-state index < -0.39 is 0 Å². The number of aromatic nitrogens is 1. The van der Waals surface area contributed by atoms with Crippen LogP contribution in [-0.4, -0.2) is 41.3 Å². The number of ketones is 1. The molecular weight excluding hydrogens is 316 g/mol. The summed E-state index contributed by atoms with van der Waals surface area (Å²) >= 11 is 0. The van der Waals surface area contributed by atoms with Crippen LogP contribution < -0.4 is 4.74 Å². The molecule has 1 amide bonds. The molecule has 0 bridgehead atoms. The predicted octanol–water partition coefficient (Wildman–Crippen LogP) is 2.90. The smallest absolute Gasteiger partial charge is 0.227 e. The highest BCUT2D eigenvalue weighted by Gasteiger charge is 2.30. The summed E-state index contributed by atoms with van der Waals surface area (Å²) in [5.41, 5.74) is 1.61. The van der Waals surface area contributed by atoms with Crippen molar-refractivity contribution in [1.29, 1.82) is 0 Å². The van der Waals surface area contributed by atoms with E-state index in [2.05, 4.69) is 4.98 Å². The average molecular weight is 338 g/mol. The molecule has 0 spiro atoms. The summed E-state index contributed by atoms with van der Waals surface area (Å²) in [6, 6.07) is 10.8. The molecule has 1 aromatic heterocycles. The van der Waals surface area contributed by atoms with Crippen molar-refractivity contribution in [3.05, 3.63) is 59.9 Å². The van der Waals surface area contributed by atoms with Crippen molar-refractivity contribution in [2.24, 2.45) is 0 Å². The summed E-state index contributed by atoms with van der Waals surface area (Å²) in [7, 11) is 1.60. The Morgan fingerprint density at radius 3 is 2.56 bits per heavy atom. The molecule has 1 aliphatic rings. The molecule has 0 aliphatic carbocycles. The van der Waals surface area contributed by atoms with Crippen LogP contribution >= 0.6 is 0 Å². The number of methoxy groups -OCH3 is 1. The van der Waals surface area contributed by atoms with E-state index in [1.54, 1.807) is 43.8 Å². The summed E-state index contributed by atoms with van der Waals surface area (Å²) in [4.78, 5) is 31.0. The average Bonchev–Trinajstić information content (AvgIpc) is 3.11. The third kappa shape index (κ3) is 4.24. The number of carbonyl (C=O) groups is 2. The Hall–Kier alpha value is -2.69. The zero-order chi connectivity index (χ0) is 17.6. The van der Waals surface area contributed by atoms with Crippen LogP contribution in [0.25, 0.3) is 0 Å². The van der Waals surface area contributed by atoms with Gasteiger partial charge in [-0.1, -0.05) is 0 Å². The first-order valence-electron chi connectivity index (χ1n) is 8.53. The molecule has 5 heteroatoms. The first-order chi connectivity index (χ1) is 12.2. The SMILES string of the molecule is COc1ccc(C(=O)C[C@@H]2CCCN2C(=O)Cc2ccncc2)cc1. The first-order valence-corrected chi connectivity index (χ1v) is 8.53. The minimum absolute atomic E-state index is 0.0102. The molecule has 130 valence electrons. The Bertz CT molecular complexity index is 728. The van der Waals surface area contributed by atoms with Gasteiger partial charge in [0.2, 0.25) is 5.91 Å². The zero-order valence-electron chi connectivity index (χ0n) is 14.4. The lowest BCUT2D eigenvalue weighted by molar-refractivity contribution is -0.131. The fraction of sp³-hybridized carbons (Fsp3) is 0.350. The fourth-order valence-electron chi connectivity index (χ4n) is 3.26. The maximum atomic E-state index is 12.6. The highest BCUT2D eigenvalue weighted by atomic mass is 16.5. The number of rotatable bonds is 6. The second kappa shape index (κ2) is 7.92. The Kier molecular flexibility index (Phi) is 5.43. The molecule has 1 aliphatic heterocycles. The first kappa shape index (κ1) is 17.1. The van der Waals surface area contributed by atoms with Crippen LogP contribution in [-0.2, 0) is 11.2 Å². The topological polar surface area (TPSA) is 59.5 Å². The molecule has 5 nitrogen and oxygen atoms in total. The lowest BCUT2D eigenvalue weighted by Gasteiger charge is -2.24. The van der Waals surface area contributed by atoms with Gasteiger partial charge in [0.1, 0.15) is 5.75 Å². The molecule has 2 heterocycles. The van der Waals surface area contributed by atoms with Crippen LogP contribution in [0.4, 0.5) is 0 Å². The molecule has 0 N–H and O–H groups in total. The van der Waals surface area contributed by atoms with E-state index in [1.165, 1.54) is 0 Å². The maximum Gasteiger partial charge on any atom is 0.227 e. The number of Topliss-reactive ketones (excluding diaryl/α,β-unsaturated/α-hetero) is 1. The molecule has 0 radical (unpaired) electrons. The van der Waals surface area contributed by atoms with Crippen LogP contribution in [0.1, 0.15) is 35.2 Å². The lowest BCUT2D eigenvalue weighted by atomic mass is 10.0. The van der Waals surface area contributed by atoms with E-state index in [0.29, 0.717) is 18.4 Å². The van der Waals surface area contributed by atoms with Gasteiger partial charge in [-0.25, -0.2) is 0 Å². The van der Waals surface area contributed by atoms with E-state index in [0.717, 1.165) is 30.7 Å². The molecule has 0 saturated carbocycles. The summed E-state index contributed by atoms with van der Waals surface area (Å²) in [6.45, 7) is 0.727. The molecule has 1 saturated heterocycles. The third-order valence-electron chi connectivity index (χ3n) is 4.64. The van der Waals surface area contributed by atoms with Crippen molar-refractivity contribution in [2.45, 2.75) is 31.7 Å². The molecule has 3 rings (SSSR count). The van der Waals surface area contributed by atoms with Gasteiger partial charge in [0.15, 0.2) is 5.78 Å². The number of ether oxygens (including phenoxy) is 1. The second-order valence-corrected chi connectivity index (χ2v) is 6.27. The van der Waals surface area contributed by atoms with Crippen molar-refractivity contribution >= 4 is 11.7 Å². The predicted molar refractivity (Wildman–Crippen MR) is 94.6 cm³/mol. The number of carbonyl (C=O) groups excluding carboxylic acids is 2. The van der Waals surface area contributed by atoms with Gasteiger partial charge in [0.05, 0.1) is 13.5 Å². The number of likely N-dealkylation sites (tertiary alicyclic amines) is 1. The van der Waals surface area contributed by atoms with Gasteiger partial charge in [-0.05, 0) is 54.8 Å². The molecule has 1 aromatic carbocycles. The van der Waals surface area contributed by atoms with Crippen LogP contribution in [0.5, 0.6) is 5.75 Å². The maximum absolute atomic E-state index is 12.6. The van der Waals surface area contributed by atoms with Crippen LogP contribution in [0, 0.1) is 0 Å². The van der Waals surface area contributed by atoms with Gasteiger partial charge < -0.3 is 9.64 Å². The Morgan fingerprint density at radius 2 is 1.88 bits per heavy atom.